The number of rotatable bonds is 8. The van der Waals surface area contributed by atoms with E-state index >= 15 is 0 Å². The van der Waals surface area contributed by atoms with Gasteiger partial charge in [0.15, 0.2) is 5.78 Å². The number of nitro benzene ring substituents is 1. The number of esters is 2. The number of allylic oxidation sites excluding steroid dienone is 3. The zero-order chi connectivity index (χ0) is 25.9. The van der Waals surface area contributed by atoms with Crippen molar-refractivity contribution in [2.75, 3.05) is 20.3 Å². The van der Waals surface area contributed by atoms with E-state index in [-0.39, 0.29) is 42.1 Å². The van der Waals surface area contributed by atoms with Gasteiger partial charge in [0.1, 0.15) is 12.5 Å². The Morgan fingerprint density at radius 3 is 2.60 bits per heavy atom. The molecule has 0 bridgehead atoms. The van der Waals surface area contributed by atoms with Gasteiger partial charge >= 0.3 is 11.9 Å². The SMILES string of the molecule is COC(=O)C1C(=O)C2=C(CC1C)NC(C)=C(C(=O)OCCOC(C)C)C2c1cccc([N+](=O)[O-])c1. The first-order chi connectivity index (χ1) is 16.6. The Hall–Kier alpha value is -3.53. The van der Waals surface area contributed by atoms with Crippen LogP contribution in [-0.2, 0) is 28.6 Å². The van der Waals surface area contributed by atoms with Gasteiger partial charge in [0.05, 0.1) is 30.3 Å². The number of carbonyl (C=O) groups excluding carboxylic acids is 3. The van der Waals surface area contributed by atoms with Crippen LogP contribution in [0.2, 0.25) is 0 Å². The fraction of sp³-hybridized carbons (Fsp3) is 0.480. The number of carbonyl (C=O) groups is 3. The van der Waals surface area contributed by atoms with Crippen LogP contribution in [0.3, 0.4) is 0 Å². The third-order valence-electron chi connectivity index (χ3n) is 6.14. The first kappa shape index (κ1) is 26.1. The van der Waals surface area contributed by atoms with E-state index in [1.807, 2.05) is 13.8 Å². The maximum atomic E-state index is 13.7. The molecule has 3 atom stereocenters. The Morgan fingerprint density at radius 2 is 1.97 bits per heavy atom. The van der Waals surface area contributed by atoms with E-state index in [0.717, 1.165) is 0 Å². The summed E-state index contributed by atoms with van der Waals surface area (Å²) in [4.78, 5) is 50.3. The van der Waals surface area contributed by atoms with Crippen LogP contribution < -0.4 is 5.32 Å². The summed E-state index contributed by atoms with van der Waals surface area (Å²) in [7, 11) is 1.22. The minimum absolute atomic E-state index is 0.00286. The van der Waals surface area contributed by atoms with Gasteiger partial charge in [-0.25, -0.2) is 4.79 Å². The molecule has 35 heavy (non-hydrogen) atoms. The molecule has 1 aromatic carbocycles. The molecule has 0 spiro atoms. The fourth-order valence-corrected chi connectivity index (χ4v) is 4.60. The topological polar surface area (TPSA) is 134 Å². The van der Waals surface area contributed by atoms with Gasteiger partial charge < -0.3 is 19.5 Å². The third kappa shape index (κ3) is 5.43. The molecule has 10 nitrogen and oxygen atoms in total. The lowest BCUT2D eigenvalue weighted by Gasteiger charge is -2.38. The van der Waals surface area contributed by atoms with Crippen LogP contribution in [-0.4, -0.2) is 49.1 Å². The number of dihydropyridines is 1. The highest BCUT2D eigenvalue weighted by Crippen LogP contribution is 2.45. The molecule has 10 heteroatoms. The van der Waals surface area contributed by atoms with Gasteiger partial charge in [-0.2, -0.15) is 0 Å². The fourth-order valence-electron chi connectivity index (χ4n) is 4.60. The monoisotopic (exact) mass is 486 g/mol. The molecule has 1 heterocycles. The first-order valence-electron chi connectivity index (χ1n) is 11.4. The molecule has 0 aromatic heterocycles. The predicted octanol–water partition coefficient (Wildman–Crippen LogP) is 3.18. The molecule has 0 saturated carbocycles. The molecule has 188 valence electrons. The summed E-state index contributed by atoms with van der Waals surface area (Å²) >= 11 is 0. The van der Waals surface area contributed by atoms with Crippen molar-refractivity contribution in [1.29, 1.82) is 0 Å². The molecule has 0 radical (unpaired) electrons. The van der Waals surface area contributed by atoms with Crippen LogP contribution in [0, 0.1) is 22.0 Å². The highest BCUT2D eigenvalue weighted by molar-refractivity contribution is 6.12. The molecule has 1 N–H and O–H groups in total. The molecule has 0 fully saturated rings. The standard InChI is InChI=1S/C25H30N2O8/c1-13(2)34-9-10-35-25(30)20-15(4)26-18-11-14(3)19(24(29)33-5)23(28)22(18)21(20)16-7-6-8-17(12-16)27(31)32/h6-8,12-14,19,21,26H,9-11H2,1-5H3. The average Bonchev–Trinajstić information content (AvgIpc) is 2.80. The highest BCUT2D eigenvalue weighted by atomic mass is 16.6. The number of ketones is 1. The minimum Gasteiger partial charge on any atom is -0.468 e. The van der Waals surface area contributed by atoms with Crippen LogP contribution in [0.4, 0.5) is 5.69 Å². The summed E-state index contributed by atoms with van der Waals surface area (Å²) < 4.78 is 15.7. The number of nitrogens with zero attached hydrogens (tertiary/aromatic N) is 1. The number of nitrogens with one attached hydrogen (secondary N) is 1. The lowest BCUT2D eigenvalue weighted by atomic mass is 9.69. The largest absolute Gasteiger partial charge is 0.468 e. The molecule has 1 aliphatic carbocycles. The second-order valence-electron chi connectivity index (χ2n) is 8.94. The van der Waals surface area contributed by atoms with Crippen LogP contribution in [0.15, 0.2) is 46.8 Å². The van der Waals surface area contributed by atoms with Crippen LogP contribution >= 0.6 is 0 Å². The summed E-state index contributed by atoms with van der Waals surface area (Å²) in [5, 5.41) is 14.6. The van der Waals surface area contributed by atoms with Gasteiger partial charge in [-0.1, -0.05) is 19.1 Å². The van der Waals surface area contributed by atoms with Crippen molar-refractivity contribution in [3.63, 3.8) is 0 Å². The van der Waals surface area contributed by atoms with Gasteiger partial charge in [-0.15, -0.1) is 0 Å². The second kappa shape index (κ2) is 10.8. The van der Waals surface area contributed by atoms with Crippen molar-refractivity contribution in [3.05, 3.63) is 62.5 Å². The number of nitro groups is 1. The van der Waals surface area contributed by atoms with Gasteiger partial charge in [0.25, 0.3) is 5.69 Å². The summed E-state index contributed by atoms with van der Waals surface area (Å²) in [5.74, 6) is -4.13. The molecule has 0 saturated heterocycles. The summed E-state index contributed by atoms with van der Waals surface area (Å²) in [6.07, 6.45) is 0.335. The van der Waals surface area contributed by atoms with Gasteiger partial charge in [0, 0.05) is 35.0 Å². The molecule has 2 aliphatic rings. The average molecular weight is 487 g/mol. The molecule has 1 aliphatic heterocycles. The van der Waals surface area contributed by atoms with E-state index in [0.29, 0.717) is 23.4 Å². The Kier molecular flexibility index (Phi) is 8.06. The Labute approximate surface area is 203 Å². The first-order valence-corrected chi connectivity index (χ1v) is 11.4. The predicted molar refractivity (Wildman–Crippen MR) is 125 cm³/mol. The number of non-ortho nitro benzene ring substituents is 1. The van der Waals surface area contributed by atoms with Gasteiger partial charge in [-0.05, 0) is 38.7 Å². The van der Waals surface area contributed by atoms with E-state index in [2.05, 4.69) is 5.32 Å². The van der Waals surface area contributed by atoms with E-state index in [1.54, 1.807) is 19.9 Å². The quantitative estimate of drug-likeness (QED) is 0.193. The minimum atomic E-state index is -1.04. The van der Waals surface area contributed by atoms with Crippen molar-refractivity contribution in [2.45, 2.75) is 46.1 Å². The van der Waals surface area contributed by atoms with Gasteiger partial charge in [0.2, 0.25) is 0 Å². The lowest BCUT2D eigenvalue weighted by molar-refractivity contribution is -0.384. The van der Waals surface area contributed by atoms with E-state index < -0.39 is 34.5 Å². The summed E-state index contributed by atoms with van der Waals surface area (Å²) in [5.41, 5.74) is 1.63. The number of hydrogen-bond acceptors (Lipinski definition) is 9. The molecular formula is C25H30N2O8. The van der Waals surface area contributed by atoms with E-state index in [9.17, 15) is 24.5 Å². The van der Waals surface area contributed by atoms with E-state index in [1.165, 1.54) is 25.3 Å². The third-order valence-corrected chi connectivity index (χ3v) is 6.14. The molecule has 1 aromatic rings. The molecule has 3 rings (SSSR count). The normalized spacial score (nSPS) is 22.0. The lowest BCUT2D eigenvalue weighted by Crippen LogP contribution is -2.43. The Bertz CT molecular complexity index is 1100. The summed E-state index contributed by atoms with van der Waals surface area (Å²) in [6.45, 7) is 7.39. The van der Waals surface area contributed by atoms with Crippen molar-refractivity contribution >= 4 is 23.4 Å². The maximum Gasteiger partial charge on any atom is 0.336 e. The number of methoxy groups -OCH3 is 1. The second-order valence-corrected chi connectivity index (χ2v) is 8.94. The molecular weight excluding hydrogens is 456 g/mol. The number of Topliss-reactive ketones (excluding diaryl/α,β-unsaturated/α-hetero) is 1. The van der Waals surface area contributed by atoms with Crippen molar-refractivity contribution in [3.8, 4) is 0 Å². The zero-order valence-electron chi connectivity index (χ0n) is 20.5. The van der Waals surface area contributed by atoms with Gasteiger partial charge in [-0.3, -0.25) is 19.7 Å². The number of hydrogen-bond donors (Lipinski definition) is 1. The Balaban J connectivity index is 2.09. The zero-order valence-corrected chi connectivity index (χ0v) is 20.5. The van der Waals surface area contributed by atoms with Crippen molar-refractivity contribution in [1.82, 2.24) is 5.32 Å². The summed E-state index contributed by atoms with van der Waals surface area (Å²) in [6, 6.07) is 5.79. The number of benzene rings is 1. The van der Waals surface area contributed by atoms with Crippen molar-refractivity contribution in [2.24, 2.45) is 11.8 Å². The smallest absolute Gasteiger partial charge is 0.336 e. The molecule has 0 amide bonds. The molecule has 3 unspecified atom stereocenters. The van der Waals surface area contributed by atoms with Crippen LogP contribution in [0.5, 0.6) is 0 Å². The van der Waals surface area contributed by atoms with Crippen molar-refractivity contribution < 1.29 is 33.5 Å². The van der Waals surface area contributed by atoms with Crippen LogP contribution in [0.1, 0.15) is 45.6 Å². The maximum absolute atomic E-state index is 13.7. The van der Waals surface area contributed by atoms with E-state index in [4.69, 9.17) is 14.2 Å². The van der Waals surface area contributed by atoms with Crippen LogP contribution in [0.25, 0.3) is 0 Å². The highest BCUT2D eigenvalue weighted by Gasteiger charge is 2.47. The number of ether oxygens (including phenoxy) is 3. The Morgan fingerprint density at radius 1 is 1.26 bits per heavy atom.